The number of aliphatic imine (C=N–C) groups is 1. The van der Waals surface area contributed by atoms with Gasteiger partial charge in [-0.3, -0.25) is 9.79 Å². The van der Waals surface area contributed by atoms with E-state index in [0.717, 1.165) is 0 Å². The molecule has 0 amide bonds. The van der Waals surface area contributed by atoms with E-state index in [9.17, 15) is 9.59 Å². The van der Waals surface area contributed by atoms with Crippen LogP contribution in [0.5, 0.6) is 0 Å². The Bertz CT molecular complexity index is 908. The molecule has 30 heavy (non-hydrogen) atoms. The van der Waals surface area contributed by atoms with Crippen molar-refractivity contribution in [1.29, 1.82) is 0 Å². The van der Waals surface area contributed by atoms with E-state index < -0.39 is 23.8 Å². The third kappa shape index (κ3) is 5.38. The Hall–Kier alpha value is -2.87. The van der Waals surface area contributed by atoms with Gasteiger partial charge in [0.15, 0.2) is 0 Å². The standard InChI is InChI=1S/C20H23ClN4O5/c1-4-30-20(27)18-15(11-29-10-9-23-25-22)24-12(2)16(19(26)28-3)17(18)13-7-5-6-8-14(13)21/h5-8,16-17H,4,9-11H2,1-3H3/t16?,17-/m1/s1. The van der Waals surface area contributed by atoms with Gasteiger partial charge in [-0.1, -0.05) is 34.9 Å². The summed E-state index contributed by atoms with van der Waals surface area (Å²) >= 11 is 6.43. The van der Waals surface area contributed by atoms with Gasteiger partial charge in [0.1, 0.15) is 5.92 Å². The Balaban J connectivity index is 2.59. The normalized spacial score (nSPS) is 18.3. The number of azide groups is 1. The molecule has 1 unspecified atom stereocenters. The molecule has 0 N–H and O–H groups in total. The lowest BCUT2D eigenvalue weighted by molar-refractivity contribution is -0.144. The largest absolute Gasteiger partial charge is 0.468 e. The minimum atomic E-state index is -0.846. The smallest absolute Gasteiger partial charge is 0.336 e. The molecule has 0 saturated carbocycles. The van der Waals surface area contributed by atoms with Crippen LogP contribution >= 0.6 is 11.6 Å². The number of carbonyl (C=O) groups excluding carboxylic acids is 2. The molecule has 0 aliphatic carbocycles. The van der Waals surface area contributed by atoms with Crippen LogP contribution in [0.1, 0.15) is 25.3 Å². The van der Waals surface area contributed by atoms with Crippen molar-refractivity contribution in [1.82, 2.24) is 0 Å². The van der Waals surface area contributed by atoms with Crippen LogP contribution in [0.2, 0.25) is 5.02 Å². The number of methoxy groups -OCH3 is 1. The lowest BCUT2D eigenvalue weighted by atomic mass is 9.75. The van der Waals surface area contributed by atoms with E-state index in [1.165, 1.54) is 7.11 Å². The molecule has 10 heteroatoms. The fourth-order valence-electron chi connectivity index (χ4n) is 3.31. The quantitative estimate of drug-likeness (QED) is 0.192. The minimum Gasteiger partial charge on any atom is -0.468 e. The van der Waals surface area contributed by atoms with Crippen molar-refractivity contribution in [2.24, 2.45) is 16.0 Å². The van der Waals surface area contributed by atoms with Crippen molar-refractivity contribution in [3.05, 3.63) is 56.6 Å². The molecule has 1 aromatic rings. The van der Waals surface area contributed by atoms with Crippen molar-refractivity contribution in [3.8, 4) is 0 Å². The number of carbonyl (C=O) groups is 2. The predicted octanol–water partition coefficient (Wildman–Crippen LogP) is 3.83. The third-order valence-corrected chi connectivity index (χ3v) is 4.89. The van der Waals surface area contributed by atoms with Gasteiger partial charge < -0.3 is 14.2 Å². The average molecular weight is 435 g/mol. The molecule has 0 bridgehead atoms. The topological polar surface area (TPSA) is 123 Å². The second-order valence-electron chi connectivity index (χ2n) is 6.34. The molecule has 1 aliphatic heterocycles. The summed E-state index contributed by atoms with van der Waals surface area (Å²) in [6, 6.07) is 6.97. The molecule has 1 aromatic carbocycles. The molecule has 1 aliphatic rings. The number of rotatable bonds is 9. The zero-order chi connectivity index (χ0) is 22.1. The maximum absolute atomic E-state index is 12.9. The number of hydrogen-bond acceptors (Lipinski definition) is 7. The van der Waals surface area contributed by atoms with Gasteiger partial charge >= 0.3 is 11.9 Å². The van der Waals surface area contributed by atoms with Crippen LogP contribution in [0.3, 0.4) is 0 Å². The summed E-state index contributed by atoms with van der Waals surface area (Å²) in [5.41, 5.74) is 9.94. The summed E-state index contributed by atoms with van der Waals surface area (Å²) in [6.45, 7) is 3.78. The molecular weight excluding hydrogens is 412 g/mol. The number of esters is 2. The minimum absolute atomic E-state index is 0.0265. The zero-order valence-electron chi connectivity index (χ0n) is 17.0. The van der Waals surface area contributed by atoms with Gasteiger partial charge in [-0.25, -0.2) is 4.79 Å². The summed E-state index contributed by atoms with van der Waals surface area (Å²) < 4.78 is 15.8. The summed E-state index contributed by atoms with van der Waals surface area (Å²) in [4.78, 5) is 32.7. The van der Waals surface area contributed by atoms with Gasteiger partial charge in [0, 0.05) is 28.1 Å². The predicted molar refractivity (Wildman–Crippen MR) is 111 cm³/mol. The molecule has 2 rings (SSSR count). The van der Waals surface area contributed by atoms with Crippen molar-refractivity contribution >= 4 is 29.3 Å². The van der Waals surface area contributed by atoms with Crippen molar-refractivity contribution < 1.29 is 23.8 Å². The van der Waals surface area contributed by atoms with Crippen LogP contribution in [0.25, 0.3) is 10.4 Å². The second kappa shape index (κ2) is 11.3. The molecule has 0 spiro atoms. The van der Waals surface area contributed by atoms with Crippen LogP contribution in [0.15, 0.2) is 45.6 Å². The van der Waals surface area contributed by atoms with Crippen molar-refractivity contribution in [2.75, 3.05) is 33.5 Å². The Morgan fingerprint density at radius 2 is 2.07 bits per heavy atom. The second-order valence-corrected chi connectivity index (χ2v) is 6.75. The van der Waals surface area contributed by atoms with Crippen LogP contribution < -0.4 is 0 Å². The molecule has 160 valence electrons. The van der Waals surface area contributed by atoms with Crippen LogP contribution in [-0.2, 0) is 23.8 Å². The van der Waals surface area contributed by atoms with E-state index in [1.807, 2.05) is 0 Å². The number of nitrogens with zero attached hydrogens (tertiary/aromatic N) is 4. The summed E-state index contributed by atoms with van der Waals surface area (Å²) in [5, 5.41) is 3.81. The Morgan fingerprint density at radius 3 is 2.70 bits per heavy atom. The summed E-state index contributed by atoms with van der Waals surface area (Å²) in [7, 11) is 1.28. The highest BCUT2D eigenvalue weighted by molar-refractivity contribution is 6.31. The number of hydrogen-bond donors (Lipinski definition) is 0. The first-order valence-electron chi connectivity index (χ1n) is 9.32. The highest BCUT2D eigenvalue weighted by atomic mass is 35.5. The van der Waals surface area contributed by atoms with Gasteiger partial charge in [0.25, 0.3) is 0 Å². The third-order valence-electron chi connectivity index (χ3n) is 4.55. The number of halogens is 1. The van der Waals surface area contributed by atoms with Crippen LogP contribution in [-0.4, -0.2) is 51.1 Å². The van der Waals surface area contributed by atoms with Crippen LogP contribution in [0, 0.1) is 5.92 Å². The molecule has 0 aromatic heterocycles. The highest BCUT2D eigenvalue weighted by Crippen LogP contribution is 2.42. The zero-order valence-corrected chi connectivity index (χ0v) is 17.8. The van der Waals surface area contributed by atoms with Crippen molar-refractivity contribution in [2.45, 2.75) is 19.8 Å². The molecule has 9 nitrogen and oxygen atoms in total. The first kappa shape index (κ1) is 23.4. The molecule has 0 fully saturated rings. The van der Waals surface area contributed by atoms with E-state index >= 15 is 0 Å². The van der Waals surface area contributed by atoms with E-state index in [2.05, 4.69) is 15.0 Å². The molecule has 2 atom stereocenters. The van der Waals surface area contributed by atoms with Gasteiger partial charge in [-0.05, 0) is 31.0 Å². The van der Waals surface area contributed by atoms with E-state index in [1.54, 1.807) is 38.1 Å². The summed E-state index contributed by atoms with van der Waals surface area (Å²) in [6.07, 6.45) is 0. The Morgan fingerprint density at radius 1 is 1.33 bits per heavy atom. The first-order chi connectivity index (χ1) is 14.5. The molecule has 0 radical (unpaired) electrons. The van der Waals surface area contributed by atoms with Gasteiger partial charge in [0.05, 0.1) is 38.2 Å². The molecular formula is C20H23ClN4O5. The van der Waals surface area contributed by atoms with Crippen molar-refractivity contribution in [3.63, 3.8) is 0 Å². The van der Waals surface area contributed by atoms with Gasteiger partial charge in [0.2, 0.25) is 0 Å². The van der Waals surface area contributed by atoms with Gasteiger partial charge in [-0.2, -0.15) is 0 Å². The molecule has 0 saturated heterocycles. The van der Waals surface area contributed by atoms with E-state index in [-0.39, 0.29) is 31.9 Å². The number of benzene rings is 1. The first-order valence-corrected chi connectivity index (χ1v) is 9.70. The lowest BCUT2D eigenvalue weighted by Crippen LogP contribution is -2.37. The Kier molecular flexibility index (Phi) is 8.86. The molecule has 1 heterocycles. The monoisotopic (exact) mass is 434 g/mol. The SMILES string of the molecule is CCOC(=O)C1=C(COCCN=[N+]=[N-])N=C(C)C(C(=O)OC)[C@H]1c1ccccc1Cl. The average Bonchev–Trinajstić information content (AvgIpc) is 2.73. The van der Waals surface area contributed by atoms with E-state index in [0.29, 0.717) is 22.0 Å². The lowest BCUT2D eigenvalue weighted by Gasteiger charge is -2.32. The number of ether oxygens (including phenoxy) is 3. The van der Waals surface area contributed by atoms with E-state index in [4.69, 9.17) is 31.3 Å². The Labute approximate surface area is 179 Å². The highest BCUT2D eigenvalue weighted by Gasteiger charge is 2.43. The van der Waals surface area contributed by atoms with Gasteiger partial charge in [-0.15, -0.1) is 0 Å². The fraction of sp³-hybridized carbons (Fsp3) is 0.450. The van der Waals surface area contributed by atoms with Crippen LogP contribution in [0.4, 0.5) is 0 Å². The summed E-state index contributed by atoms with van der Waals surface area (Å²) in [5.74, 6) is -2.74. The maximum atomic E-state index is 12.9. The fourth-order valence-corrected chi connectivity index (χ4v) is 3.56. The maximum Gasteiger partial charge on any atom is 0.336 e.